The fourth-order valence-electron chi connectivity index (χ4n) is 5.39. The van der Waals surface area contributed by atoms with Gasteiger partial charge in [0.1, 0.15) is 0 Å². The minimum atomic E-state index is -1.21. The molecule has 34 heavy (non-hydrogen) atoms. The first-order chi connectivity index (χ1) is 16.5. The molecular formula is C31H42O3. The van der Waals surface area contributed by atoms with E-state index in [1.54, 1.807) is 19.4 Å². The molecule has 4 rings (SSSR count). The Hall–Kier alpha value is -2.55. The van der Waals surface area contributed by atoms with Crippen molar-refractivity contribution in [1.29, 1.82) is 0 Å². The zero-order chi connectivity index (χ0) is 24.3. The molecule has 0 saturated heterocycles. The lowest BCUT2D eigenvalue weighted by Crippen LogP contribution is -2.13. The number of allylic oxidation sites excluding steroid dienone is 2. The van der Waals surface area contributed by atoms with Gasteiger partial charge >= 0.3 is 6.16 Å². The third-order valence-corrected chi connectivity index (χ3v) is 7.25. The van der Waals surface area contributed by atoms with Gasteiger partial charge in [0.15, 0.2) is 0 Å². The molecular weight excluding hydrogens is 420 g/mol. The molecule has 1 unspecified atom stereocenters. The average Bonchev–Trinajstić information content (AvgIpc) is 2.85. The first kappa shape index (κ1) is 26.1. The van der Waals surface area contributed by atoms with Crippen LogP contribution in [0.3, 0.4) is 0 Å². The molecule has 2 aromatic rings. The monoisotopic (exact) mass is 462 g/mol. The van der Waals surface area contributed by atoms with Crippen molar-refractivity contribution >= 4 is 6.16 Å². The first-order valence-electron chi connectivity index (χ1n) is 13.2. The fourth-order valence-corrected chi connectivity index (χ4v) is 5.39. The Morgan fingerprint density at radius 2 is 1.41 bits per heavy atom. The van der Waals surface area contributed by atoms with Crippen LogP contribution in [0.1, 0.15) is 102 Å². The first-order valence-corrected chi connectivity index (χ1v) is 13.2. The summed E-state index contributed by atoms with van der Waals surface area (Å²) in [7, 11) is 0. The van der Waals surface area contributed by atoms with Crippen LogP contribution < -0.4 is 0 Å². The maximum absolute atomic E-state index is 9.59. The van der Waals surface area contributed by atoms with E-state index in [1.807, 2.05) is 0 Å². The molecule has 1 atom stereocenters. The van der Waals surface area contributed by atoms with Crippen molar-refractivity contribution < 1.29 is 14.6 Å². The molecule has 1 saturated carbocycles. The third kappa shape index (κ3) is 8.04. The molecule has 0 spiro atoms. The van der Waals surface area contributed by atoms with E-state index in [-0.39, 0.29) is 6.10 Å². The van der Waals surface area contributed by atoms with Crippen molar-refractivity contribution in [1.82, 2.24) is 0 Å². The van der Waals surface area contributed by atoms with Crippen molar-refractivity contribution in [2.24, 2.45) is 5.92 Å². The summed E-state index contributed by atoms with van der Waals surface area (Å²) in [6, 6.07) is 18.8. The zero-order valence-corrected chi connectivity index (χ0v) is 21.2. The van der Waals surface area contributed by atoms with Gasteiger partial charge in [-0.3, -0.25) is 0 Å². The highest BCUT2D eigenvalue weighted by molar-refractivity contribution is 5.64. The maximum Gasteiger partial charge on any atom is 0.506 e. The van der Waals surface area contributed by atoms with Crippen molar-refractivity contribution in [3.8, 4) is 11.1 Å². The summed E-state index contributed by atoms with van der Waals surface area (Å²) < 4.78 is 4.17. The largest absolute Gasteiger partial charge is 0.506 e. The fraction of sp³-hybridized carbons (Fsp3) is 0.516. The molecule has 0 radical (unpaired) electrons. The van der Waals surface area contributed by atoms with E-state index in [1.165, 1.54) is 74.5 Å². The van der Waals surface area contributed by atoms with Gasteiger partial charge in [-0.25, -0.2) is 4.79 Å². The van der Waals surface area contributed by atoms with Crippen molar-refractivity contribution in [3.63, 3.8) is 0 Å². The van der Waals surface area contributed by atoms with Crippen LogP contribution in [0.15, 0.2) is 60.7 Å². The molecule has 2 aliphatic carbocycles. The Kier molecular flexibility index (Phi) is 10.2. The number of benzene rings is 2. The molecule has 0 amide bonds. The second-order valence-electron chi connectivity index (χ2n) is 10.2. The van der Waals surface area contributed by atoms with Crippen LogP contribution in [0.4, 0.5) is 4.79 Å². The third-order valence-electron chi connectivity index (χ3n) is 7.25. The summed E-state index contributed by atoms with van der Waals surface area (Å²) in [4.78, 5) is 9.59. The summed E-state index contributed by atoms with van der Waals surface area (Å²) >= 11 is 0. The molecule has 184 valence electrons. The average molecular weight is 463 g/mol. The molecule has 1 N–H and O–H groups in total. The van der Waals surface area contributed by atoms with Gasteiger partial charge in [-0.1, -0.05) is 80.4 Å². The molecule has 0 heterocycles. The lowest BCUT2D eigenvalue weighted by Gasteiger charge is -2.28. The van der Waals surface area contributed by atoms with Gasteiger partial charge in [0.25, 0.3) is 0 Å². The Morgan fingerprint density at radius 3 is 1.82 bits per heavy atom. The highest BCUT2D eigenvalue weighted by atomic mass is 16.7. The summed E-state index contributed by atoms with van der Waals surface area (Å²) in [6.07, 6.45) is 15.4. The number of carboxylic acid groups (broad SMARTS) is 1. The number of hydrogen-bond donors (Lipinski definition) is 1. The summed E-state index contributed by atoms with van der Waals surface area (Å²) in [5, 5.41) is 7.86. The van der Waals surface area contributed by atoms with Crippen LogP contribution in [0.25, 0.3) is 11.1 Å². The number of rotatable bonds is 6. The predicted octanol–water partition coefficient (Wildman–Crippen LogP) is 9.34. The van der Waals surface area contributed by atoms with E-state index in [0.717, 1.165) is 11.8 Å². The van der Waals surface area contributed by atoms with E-state index in [9.17, 15) is 4.79 Å². The second kappa shape index (κ2) is 13.4. The van der Waals surface area contributed by atoms with Crippen LogP contribution in [0.5, 0.6) is 0 Å². The molecule has 0 bridgehead atoms. The molecule has 2 aliphatic rings. The lowest BCUT2D eigenvalue weighted by atomic mass is 9.77. The van der Waals surface area contributed by atoms with Gasteiger partial charge in [0.05, 0.1) is 6.10 Å². The van der Waals surface area contributed by atoms with Crippen LogP contribution >= 0.6 is 0 Å². The Bertz CT molecular complexity index is 887. The zero-order valence-electron chi connectivity index (χ0n) is 21.2. The quantitative estimate of drug-likeness (QED) is 0.343. The predicted molar refractivity (Wildman–Crippen MR) is 141 cm³/mol. The van der Waals surface area contributed by atoms with E-state index >= 15 is 0 Å². The summed E-state index contributed by atoms with van der Waals surface area (Å²) in [5.74, 6) is 2.49. The smallest absolute Gasteiger partial charge is 0.450 e. The van der Waals surface area contributed by atoms with Crippen LogP contribution in [0.2, 0.25) is 0 Å². The van der Waals surface area contributed by atoms with Gasteiger partial charge in [-0.2, -0.15) is 0 Å². The Balaban J connectivity index is 0.000000406. The molecule has 3 nitrogen and oxygen atoms in total. The minimum absolute atomic E-state index is 0.225. The summed E-state index contributed by atoms with van der Waals surface area (Å²) in [5.41, 5.74) is 5.76. The normalized spacial score (nSPS) is 22.1. The molecule has 3 heteroatoms. The highest BCUT2D eigenvalue weighted by Gasteiger charge is 2.21. The van der Waals surface area contributed by atoms with Gasteiger partial charge in [-0.05, 0) is 98.8 Å². The van der Waals surface area contributed by atoms with Crippen LogP contribution in [0, 0.1) is 5.92 Å². The van der Waals surface area contributed by atoms with Crippen molar-refractivity contribution in [3.05, 3.63) is 71.8 Å². The minimum Gasteiger partial charge on any atom is -0.450 e. The van der Waals surface area contributed by atoms with Crippen LogP contribution in [-0.2, 0) is 4.74 Å². The van der Waals surface area contributed by atoms with Gasteiger partial charge in [0, 0.05) is 0 Å². The van der Waals surface area contributed by atoms with E-state index < -0.39 is 6.16 Å². The van der Waals surface area contributed by atoms with E-state index in [2.05, 4.69) is 72.3 Å². The van der Waals surface area contributed by atoms with Crippen molar-refractivity contribution in [2.75, 3.05) is 0 Å². The number of carbonyl (C=O) groups is 1. The lowest BCUT2D eigenvalue weighted by molar-refractivity contribution is 0.0660. The number of hydrogen-bond acceptors (Lipinski definition) is 2. The van der Waals surface area contributed by atoms with Gasteiger partial charge < -0.3 is 9.84 Å². The van der Waals surface area contributed by atoms with E-state index in [4.69, 9.17) is 5.11 Å². The SMILES string of the molecule is CC(C)OC(=O)O.CCC[C@H]1CC[C@H](c2ccc(-c3ccc(C4CC=CCC4)cc3)cc2)CC1. The molecule has 0 aromatic heterocycles. The second-order valence-corrected chi connectivity index (χ2v) is 10.2. The van der Waals surface area contributed by atoms with Gasteiger partial charge in [0.2, 0.25) is 0 Å². The van der Waals surface area contributed by atoms with E-state index in [0.29, 0.717) is 5.92 Å². The summed E-state index contributed by atoms with van der Waals surface area (Å²) in [6.45, 7) is 5.64. The molecule has 1 fully saturated rings. The van der Waals surface area contributed by atoms with Gasteiger partial charge in [-0.15, -0.1) is 0 Å². The maximum atomic E-state index is 9.59. The Morgan fingerprint density at radius 1 is 0.853 bits per heavy atom. The number of ether oxygens (including phenoxy) is 1. The highest BCUT2D eigenvalue weighted by Crippen LogP contribution is 2.38. The van der Waals surface area contributed by atoms with Crippen LogP contribution in [-0.4, -0.2) is 17.4 Å². The molecule has 0 aliphatic heterocycles. The Labute approximate surface area is 206 Å². The topological polar surface area (TPSA) is 46.5 Å². The molecule has 2 aromatic carbocycles. The van der Waals surface area contributed by atoms with Crippen molar-refractivity contribution in [2.45, 2.75) is 96.5 Å². The standard InChI is InChI=1S/C27H34.C4H8O3/c1-2-6-21-9-11-23(12-10-21)25-17-19-27(20-18-25)26-15-13-24(14-16-26)22-7-4-3-5-8-22;1-3(2)7-4(5)6/h3-4,13-23H,2,5-12H2,1H3;3H,1-2H3,(H,5,6)/t21-,22?,23-;.